The smallest absolute Gasteiger partial charge is 0.303 e. The lowest BCUT2D eigenvalue weighted by Crippen LogP contribution is -2.47. The molecule has 0 aliphatic carbocycles. The Morgan fingerprint density at radius 3 is 2.11 bits per heavy atom. The van der Waals surface area contributed by atoms with E-state index in [2.05, 4.69) is 107 Å². The highest BCUT2D eigenvalue weighted by Gasteiger charge is 2.26. The molecule has 198 valence electrons. The summed E-state index contributed by atoms with van der Waals surface area (Å²) in [5, 5.41) is 9.19. The van der Waals surface area contributed by atoms with Crippen LogP contribution in [0.2, 0.25) is 0 Å². The third-order valence-electron chi connectivity index (χ3n) is 7.41. The van der Waals surface area contributed by atoms with E-state index in [-0.39, 0.29) is 12.5 Å². The lowest BCUT2D eigenvalue weighted by molar-refractivity contribution is -0.137. The average Bonchev–Trinajstić information content (AvgIpc) is 3.25. The fraction of sp³-hybridized carbons (Fsp3) is 0.375. The summed E-state index contributed by atoms with van der Waals surface area (Å²) in [5.74, 6) is 0.548. The van der Waals surface area contributed by atoms with Crippen LogP contribution in [-0.4, -0.2) is 56.6 Å². The molecule has 1 aliphatic rings. The number of carboxylic acid groups (broad SMARTS) is 1. The van der Waals surface area contributed by atoms with Crippen LogP contribution in [0.1, 0.15) is 48.8 Å². The zero-order chi connectivity index (χ0) is 26.5. The zero-order valence-electron chi connectivity index (χ0n) is 22.5. The van der Waals surface area contributed by atoms with Crippen LogP contribution in [0.15, 0.2) is 78.9 Å². The van der Waals surface area contributed by atoms with Crippen molar-refractivity contribution in [2.75, 3.05) is 26.2 Å². The molecule has 0 bridgehead atoms. The van der Waals surface area contributed by atoms with Gasteiger partial charge in [0.2, 0.25) is 0 Å². The van der Waals surface area contributed by atoms with Crippen molar-refractivity contribution in [3.05, 3.63) is 101 Å². The van der Waals surface area contributed by atoms with E-state index in [0.717, 1.165) is 56.1 Å². The van der Waals surface area contributed by atoms with E-state index in [9.17, 15) is 9.90 Å². The second kappa shape index (κ2) is 11.9. The highest BCUT2D eigenvalue weighted by molar-refractivity contribution is 5.77. The van der Waals surface area contributed by atoms with Gasteiger partial charge in [-0.3, -0.25) is 14.6 Å². The number of nitrogens with zero attached hydrogens (tertiary/aromatic N) is 4. The first-order chi connectivity index (χ1) is 18.5. The summed E-state index contributed by atoms with van der Waals surface area (Å²) in [7, 11) is 0. The summed E-state index contributed by atoms with van der Waals surface area (Å²) in [5.41, 5.74) is 6.01. The highest BCUT2D eigenvalue weighted by atomic mass is 16.4. The van der Waals surface area contributed by atoms with Crippen LogP contribution in [0.5, 0.6) is 0 Å². The quantitative estimate of drug-likeness (QED) is 0.300. The fourth-order valence-corrected chi connectivity index (χ4v) is 5.62. The molecule has 5 rings (SSSR count). The van der Waals surface area contributed by atoms with Crippen LogP contribution in [0.4, 0.5) is 0 Å². The number of hydrogen-bond donors (Lipinski definition) is 1. The highest BCUT2D eigenvalue weighted by Crippen LogP contribution is 2.30. The largest absolute Gasteiger partial charge is 0.481 e. The maximum Gasteiger partial charge on any atom is 0.303 e. The number of hydrogen-bond acceptors (Lipinski definition) is 4. The van der Waals surface area contributed by atoms with Crippen LogP contribution in [-0.2, 0) is 24.3 Å². The third kappa shape index (κ3) is 6.14. The Hall–Kier alpha value is -3.48. The Balaban J connectivity index is 1.29. The van der Waals surface area contributed by atoms with Crippen LogP contribution < -0.4 is 0 Å². The molecule has 0 radical (unpaired) electrons. The van der Waals surface area contributed by atoms with Crippen molar-refractivity contribution in [2.24, 2.45) is 5.92 Å². The van der Waals surface area contributed by atoms with Gasteiger partial charge in [0.05, 0.1) is 23.5 Å². The zero-order valence-corrected chi connectivity index (χ0v) is 22.5. The maximum atomic E-state index is 11.2. The van der Waals surface area contributed by atoms with Crippen molar-refractivity contribution < 1.29 is 9.90 Å². The van der Waals surface area contributed by atoms with Crippen LogP contribution in [0.25, 0.3) is 11.0 Å². The number of imidazole rings is 1. The number of carbonyl (C=O) groups is 1. The Morgan fingerprint density at radius 1 is 0.895 bits per heavy atom. The number of aliphatic carboxylic acids is 1. The van der Waals surface area contributed by atoms with Gasteiger partial charge in [-0.1, -0.05) is 80.6 Å². The Morgan fingerprint density at radius 2 is 1.53 bits per heavy atom. The number of rotatable bonds is 10. The van der Waals surface area contributed by atoms with E-state index in [1.54, 1.807) is 0 Å². The molecule has 0 amide bonds. The van der Waals surface area contributed by atoms with E-state index in [1.165, 1.54) is 16.7 Å². The van der Waals surface area contributed by atoms with Gasteiger partial charge in [0.1, 0.15) is 5.82 Å². The van der Waals surface area contributed by atoms with Crippen molar-refractivity contribution in [1.29, 1.82) is 0 Å². The van der Waals surface area contributed by atoms with Crippen LogP contribution in [0.3, 0.4) is 0 Å². The molecule has 0 spiro atoms. The first kappa shape index (κ1) is 26.1. The lowest BCUT2D eigenvalue weighted by atomic mass is 9.96. The van der Waals surface area contributed by atoms with E-state index in [1.807, 2.05) is 0 Å². The van der Waals surface area contributed by atoms with E-state index < -0.39 is 5.97 Å². The topological polar surface area (TPSA) is 61.6 Å². The number of aryl methyl sites for hydroxylation is 1. The third-order valence-corrected chi connectivity index (χ3v) is 7.41. The minimum absolute atomic E-state index is 0.103. The molecule has 1 N–H and O–H groups in total. The minimum atomic E-state index is -0.783. The van der Waals surface area contributed by atoms with Crippen molar-refractivity contribution in [1.82, 2.24) is 19.4 Å². The molecule has 38 heavy (non-hydrogen) atoms. The molecule has 0 saturated carbocycles. The predicted octanol–water partition coefficient (Wildman–Crippen LogP) is 5.62. The monoisotopic (exact) mass is 510 g/mol. The summed E-state index contributed by atoms with van der Waals surface area (Å²) in [6, 6.07) is 28.5. The fourth-order valence-electron chi connectivity index (χ4n) is 5.62. The van der Waals surface area contributed by atoms with E-state index in [4.69, 9.17) is 4.98 Å². The standard InChI is InChI=1S/C32H38N4O2/c1-24(2)22-36-29-14-13-25(21-28(29)33-30(36)15-16-31(37)38)23-34-17-19-35(20-18-34)32(26-9-5-3-6-10-26)27-11-7-4-8-12-27/h3-14,21,24,32H,15-20,22-23H2,1-2H3,(H,37,38). The molecule has 1 aliphatic heterocycles. The van der Waals surface area contributed by atoms with Gasteiger partial charge in [0, 0.05) is 45.7 Å². The number of carboxylic acids is 1. The summed E-state index contributed by atoms with van der Waals surface area (Å²) in [6.45, 7) is 10.2. The molecular formula is C32H38N4O2. The molecular weight excluding hydrogens is 472 g/mol. The summed E-state index contributed by atoms with van der Waals surface area (Å²) >= 11 is 0. The Bertz CT molecular complexity index is 1300. The molecule has 3 aromatic carbocycles. The molecule has 4 aromatic rings. The van der Waals surface area contributed by atoms with Crippen molar-refractivity contribution in [2.45, 2.75) is 45.8 Å². The lowest BCUT2D eigenvalue weighted by Gasteiger charge is -2.39. The first-order valence-corrected chi connectivity index (χ1v) is 13.7. The van der Waals surface area contributed by atoms with E-state index >= 15 is 0 Å². The summed E-state index contributed by atoms with van der Waals surface area (Å²) in [4.78, 5) is 21.2. The second-order valence-corrected chi connectivity index (χ2v) is 10.8. The normalized spacial score (nSPS) is 15.1. The summed E-state index contributed by atoms with van der Waals surface area (Å²) < 4.78 is 2.21. The average molecular weight is 511 g/mol. The van der Waals surface area contributed by atoms with Gasteiger partial charge in [-0.2, -0.15) is 0 Å². The van der Waals surface area contributed by atoms with Gasteiger partial charge >= 0.3 is 5.97 Å². The van der Waals surface area contributed by atoms with Gasteiger partial charge in [-0.15, -0.1) is 0 Å². The number of benzene rings is 3. The molecule has 1 saturated heterocycles. The molecule has 6 heteroatoms. The second-order valence-electron chi connectivity index (χ2n) is 10.8. The van der Waals surface area contributed by atoms with Crippen molar-refractivity contribution in [3.63, 3.8) is 0 Å². The number of aromatic nitrogens is 2. The molecule has 2 heterocycles. The van der Waals surface area contributed by atoms with Crippen LogP contribution >= 0.6 is 0 Å². The maximum absolute atomic E-state index is 11.2. The summed E-state index contributed by atoms with van der Waals surface area (Å²) in [6.07, 6.45) is 0.559. The first-order valence-electron chi connectivity index (χ1n) is 13.7. The van der Waals surface area contributed by atoms with Gasteiger partial charge < -0.3 is 9.67 Å². The SMILES string of the molecule is CC(C)Cn1c(CCC(=O)O)nc2cc(CN3CCN(C(c4ccccc4)c4ccccc4)CC3)ccc21. The Labute approximate surface area is 225 Å². The number of fused-ring (bicyclic) bond motifs is 1. The molecule has 0 unspecified atom stereocenters. The van der Waals surface area contributed by atoms with Crippen molar-refractivity contribution >= 4 is 17.0 Å². The Kier molecular flexibility index (Phi) is 8.20. The van der Waals surface area contributed by atoms with Gasteiger partial charge in [-0.25, -0.2) is 4.98 Å². The van der Waals surface area contributed by atoms with Gasteiger partial charge in [-0.05, 0) is 34.7 Å². The molecule has 1 aromatic heterocycles. The van der Waals surface area contributed by atoms with Gasteiger partial charge in [0.15, 0.2) is 0 Å². The van der Waals surface area contributed by atoms with Gasteiger partial charge in [0.25, 0.3) is 0 Å². The molecule has 6 nitrogen and oxygen atoms in total. The predicted molar refractivity (Wildman–Crippen MR) is 152 cm³/mol. The van der Waals surface area contributed by atoms with Crippen LogP contribution in [0, 0.1) is 5.92 Å². The van der Waals surface area contributed by atoms with Crippen molar-refractivity contribution in [3.8, 4) is 0 Å². The molecule has 0 atom stereocenters. The number of piperazine rings is 1. The minimum Gasteiger partial charge on any atom is -0.481 e. The van der Waals surface area contributed by atoms with E-state index in [0.29, 0.717) is 12.3 Å². The molecule has 1 fully saturated rings.